The monoisotopic (exact) mass is 433 g/mol. The van der Waals surface area contributed by atoms with Gasteiger partial charge in [0.1, 0.15) is 26.0 Å². The highest BCUT2D eigenvalue weighted by Gasteiger charge is 2.33. The third-order valence-corrected chi connectivity index (χ3v) is 9.87. The van der Waals surface area contributed by atoms with Crippen LogP contribution >= 0.6 is 0 Å². The Morgan fingerprint density at radius 1 is 1.13 bits per heavy atom. The summed E-state index contributed by atoms with van der Waals surface area (Å²) in [5, 5.41) is 5.11. The van der Waals surface area contributed by atoms with Gasteiger partial charge in [0, 0.05) is 19.8 Å². The first kappa shape index (κ1) is 25.4. The van der Waals surface area contributed by atoms with Crippen LogP contribution in [0.3, 0.4) is 0 Å². The van der Waals surface area contributed by atoms with Gasteiger partial charge in [-0.15, -0.1) is 11.5 Å². The van der Waals surface area contributed by atoms with E-state index >= 15 is 0 Å². The molecule has 0 unspecified atom stereocenters. The lowest BCUT2D eigenvalue weighted by Gasteiger charge is -2.31. The van der Waals surface area contributed by atoms with Crippen molar-refractivity contribution in [3.05, 3.63) is 35.6 Å². The number of hydrogen-bond donors (Lipinski definition) is 3. The fraction of sp³-hybridized carbons (Fsp3) is 0.500. The minimum Gasteiger partial charge on any atom is -0.368 e. The molecule has 0 bridgehead atoms. The zero-order valence-corrected chi connectivity index (χ0v) is 19.6. The number of rotatable bonds is 7. The lowest BCUT2D eigenvalue weighted by molar-refractivity contribution is -0.130. The van der Waals surface area contributed by atoms with Crippen LogP contribution in [-0.2, 0) is 20.8 Å². The maximum atomic E-state index is 14.0. The molecule has 164 valence electrons. The molecule has 0 fully saturated rings. The van der Waals surface area contributed by atoms with Crippen molar-refractivity contribution in [1.82, 2.24) is 10.6 Å². The van der Waals surface area contributed by atoms with Crippen molar-refractivity contribution < 1.29 is 18.8 Å². The smallest absolute Gasteiger partial charge is 0.243 e. The fourth-order valence-electron chi connectivity index (χ4n) is 2.40. The Balaban J connectivity index is 2.96. The van der Waals surface area contributed by atoms with Gasteiger partial charge in [0.25, 0.3) is 0 Å². The summed E-state index contributed by atoms with van der Waals surface area (Å²) in [6, 6.07) is 3.94. The second-order valence-electron chi connectivity index (χ2n) is 8.89. The van der Waals surface area contributed by atoms with Crippen molar-refractivity contribution in [2.24, 2.45) is 5.73 Å². The molecule has 30 heavy (non-hydrogen) atoms. The molecule has 0 saturated carbocycles. The van der Waals surface area contributed by atoms with Crippen LogP contribution in [-0.4, -0.2) is 37.9 Å². The highest BCUT2D eigenvalue weighted by molar-refractivity contribution is 6.87. The standard InChI is InChI=1S/C22H32FN3O3Si/c1-15(27)25-19(14-16-10-7-8-11-17(16)23)21(29)26-18(20(24)28)12-9-13-30(5,6)22(2,3)4/h7-8,10-11,18-19H,12,14H2,1-6H3,(H2,24,28)(H,25,27)(H,26,29)/t18-,19+/m1/s1. The highest BCUT2D eigenvalue weighted by atomic mass is 28.3. The van der Waals surface area contributed by atoms with Crippen LogP contribution in [0.2, 0.25) is 18.1 Å². The molecule has 1 rings (SSSR count). The van der Waals surface area contributed by atoms with E-state index in [1.165, 1.54) is 25.1 Å². The van der Waals surface area contributed by atoms with E-state index in [1.807, 2.05) is 0 Å². The van der Waals surface area contributed by atoms with Gasteiger partial charge >= 0.3 is 0 Å². The third-order valence-electron chi connectivity index (χ3n) is 5.32. The topological polar surface area (TPSA) is 101 Å². The molecule has 2 atom stereocenters. The van der Waals surface area contributed by atoms with Gasteiger partial charge < -0.3 is 16.4 Å². The van der Waals surface area contributed by atoms with Gasteiger partial charge in [-0.05, 0) is 16.7 Å². The van der Waals surface area contributed by atoms with Gasteiger partial charge in [-0.2, -0.15) is 0 Å². The number of nitrogens with one attached hydrogen (secondary N) is 2. The molecule has 0 aliphatic carbocycles. The molecule has 1 aromatic carbocycles. The molecule has 0 radical (unpaired) electrons. The second kappa shape index (κ2) is 10.4. The van der Waals surface area contributed by atoms with E-state index in [0.29, 0.717) is 0 Å². The number of carbonyl (C=O) groups is 3. The Kier molecular flexibility index (Phi) is 8.79. The first-order chi connectivity index (χ1) is 13.7. The second-order valence-corrected chi connectivity index (χ2v) is 13.9. The zero-order valence-electron chi connectivity index (χ0n) is 18.6. The summed E-state index contributed by atoms with van der Waals surface area (Å²) in [6.45, 7) is 11.9. The Labute approximate surface area is 179 Å². The van der Waals surface area contributed by atoms with E-state index in [4.69, 9.17) is 5.73 Å². The maximum absolute atomic E-state index is 14.0. The van der Waals surface area contributed by atoms with Crippen molar-refractivity contribution in [3.8, 4) is 11.5 Å². The van der Waals surface area contributed by atoms with Gasteiger partial charge in [0.05, 0.1) is 0 Å². The number of amides is 3. The quantitative estimate of drug-likeness (QED) is 0.454. The Morgan fingerprint density at radius 3 is 2.23 bits per heavy atom. The van der Waals surface area contributed by atoms with Crippen LogP contribution in [0.4, 0.5) is 4.39 Å². The molecule has 0 heterocycles. The van der Waals surface area contributed by atoms with Crippen LogP contribution in [0.5, 0.6) is 0 Å². The van der Waals surface area contributed by atoms with Crippen LogP contribution in [0.25, 0.3) is 0 Å². The highest BCUT2D eigenvalue weighted by Crippen LogP contribution is 2.35. The van der Waals surface area contributed by atoms with E-state index < -0.39 is 43.7 Å². The number of nitrogens with two attached hydrogens (primary N) is 1. The molecule has 0 aliphatic rings. The van der Waals surface area contributed by atoms with Gasteiger partial charge in [0.2, 0.25) is 17.7 Å². The number of halogens is 1. The van der Waals surface area contributed by atoms with E-state index in [0.717, 1.165) is 0 Å². The number of benzene rings is 1. The van der Waals surface area contributed by atoms with Gasteiger partial charge in [-0.1, -0.05) is 52.1 Å². The molecule has 6 nitrogen and oxygen atoms in total. The van der Waals surface area contributed by atoms with E-state index in [1.54, 1.807) is 6.07 Å². The van der Waals surface area contributed by atoms with Crippen LogP contribution < -0.4 is 16.4 Å². The average Bonchev–Trinajstić information content (AvgIpc) is 2.60. The van der Waals surface area contributed by atoms with E-state index in [2.05, 4.69) is 56.0 Å². The molecular weight excluding hydrogens is 401 g/mol. The summed E-state index contributed by atoms with van der Waals surface area (Å²) >= 11 is 0. The fourth-order valence-corrected chi connectivity index (χ4v) is 3.31. The number of hydrogen-bond acceptors (Lipinski definition) is 3. The van der Waals surface area contributed by atoms with Crippen molar-refractivity contribution in [2.75, 3.05) is 0 Å². The lowest BCUT2D eigenvalue weighted by atomic mass is 10.0. The van der Waals surface area contributed by atoms with Crippen molar-refractivity contribution >= 4 is 25.8 Å². The summed E-state index contributed by atoms with van der Waals surface area (Å²) in [4.78, 5) is 36.1. The van der Waals surface area contributed by atoms with Crippen LogP contribution in [0.15, 0.2) is 24.3 Å². The molecule has 0 spiro atoms. The van der Waals surface area contributed by atoms with Crippen molar-refractivity contribution in [3.63, 3.8) is 0 Å². The number of carbonyl (C=O) groups excluding carboxylic acids is 3. The predicted molar refractivity (Wildman–Crippen MR) is 118 cm³/mol. The van der Waals surface area contributed by atoms with Gasteiger partial charge in [-0.3, -0.25) is 14.4 Å². The van der Waals surface area contributed by atoms with E-state index in [-0.39, 0.29) is 23.4 Å². The molecular formula is C22H32FN3O3Si. The summed E-state index contributed by atoms with van der Waals surface area (Å²) in [7, 11) is -1.87. The molecule has 0 saturated heterocycles. The van der Waals surface area contributed by atoms with Gasteiger partial charge in [-0.25, -0.2) is 4.39 Å². The largest absolute Gasteiger partial charge is 0.368 e. The number of primary amides is 1. The predicted octanol–water partition coefficient (Wildman–Crippen LogP) is 2.28. The minimum absolute atomic E-state index is 0.0563. The normalized spacial score (nSPS) is 13.4. The maximum Gasteiger partial charge on any atom is 0.243 e. The van der Waals surface area contributed by atoms with Gasteiger partial charge in [0.15, 0.2) is 0 Å². The summed E-state index contributed by atoms with van der Waals surface area (Å²) in [5.41, 5.74) is 9.00. The molecule has 1 aromatic rings. The molecule has 0 aliphatic heterocycles. The summed E-state index contributed by atoms with van der Waals surface area (Å²) < 4.78 is 14.0. The Hall–Kier alpha value is -2.66. The zero-order chi connectivity index (χ0) is 23.1. The van der Waals surface area contributed by atoms with Crippen molar-refractivity contribution in [1.29, 1.82) is 0 Å². The summed E-state index contributed by atoms with van der Waals surface area (Å²) in [5.74, 6) is 0.741. The summed E-state index contributed by atoms with van der Waals surface area (Å²) in [6.07, 6.45) is 0.0132. The van der Waals surface area contributed by atoms with Crippen molar-refractivity contribution in [2.45, 2.75) is 70.8 Å². The first-order valence-electron chi connectivity index (χ1n) is 9.85. The SMILES string of the molecule is CC(=O)N[C@@H](Cc1ccccc1F)C(=O)N[C@H](CC#C[Si](C)(C)C(C)(C)C)C(N)=O. The molecule has 8 heteroatoms. The van der Waals surface area contributed by atoms with E-state index in [9.17, 15) is 18.8 Å². The molecule has 3 amide bonds. The lowest BCUT2D eigenvalue weighted by Crippen LogP contribution is -2.53. The minimum atomic E-state index is -1.87. The molecule has 0 aromatic heterocycles. The third kappa shape index (κ3) is 7.63. The first-order valence-corrected chi connectivity index (χ1v) is 12.8. The van der Waals surface area contributed by atoms with Crippen LogP contribution in [0, 0.1) is 17.3 Å². The average molecular weight is 434 g/mol. The molecule has 4 N–H and O–H groups in total. The Morgan fingerprint density at radius 2 is 1.73 bits per heavy atom. The van der Waals surface area contributed by atoms with Crippen LogP contribution in [0.1, 0.15) is 39.7 Å². The Bertz CT molecular complexity index is 853.